The van der Waals surface area contributed by atoms with Crippen molar-refractivity contribution in [2.24, 2.45) is 0 Å². The average molecular weight is 113 g/mol. The highest BCUT2D eigenvalue weighted by Gasteiger charge is 2.19. The molecule has 0 heterocycles. The third-order valence-electron chi connectivity index (χ3n) is 1.36. The van der Waals surface area contributed by atoms with E-state index in [1.165, 1.54) is 12.8 Å². The third-order valence-corrected chi connectivity index (χ3v) is 1.36. The van der Waals surface area contributed by atoms with Crippen molar-refractivity contribution in [1.82, 2.24) is 11.1 Å². The standard InChI is InChI=1S/C6H13N2/c7-4-1-5-8-6-2-3-6/h6-8H,1-5H2. The lowest BCUT2D eigenvalue weighted by molar-refractivity contribution is 0.647. The van der Waals surface area contributed by atoms with E-state index in [-0.39, 0.29) is 0 Å². The van der Waals surface area contributed by atoms with Crippen LogP contribution in [0.5, 0.6) is 0 Å². The Morgan fingerprint density at radius 1 is 1.50 bits per heavy atom. The van der Waals surface area contributed by atoms with Gasteiger partial charge in [-0.2, -0.15) is 0 Å². The molecule has 0 aliphatic heterocycles. The van der Waals surface area contributed by atoms with E-state index in [9.17, 15) is 0 Å². The molecule has 8 heavy (non-hydrogen) atoms. The molecule has 0 aromatic heterocycles. The summed E-state index contributed by atoms with van der Waals surface area (Å²) in [6.45, 7) is 1.62. The van der Waals surface area contributed by atoms with Gasteiger partial charge < -0.3 is 5.32 Å². The maximum Gasteiger partial charge on any atom is 0.0112 e. The summed E-state index contributed by atoms with van der Waals surface area (Å²) in [5.74, 6) is 0. The number of hydrogen-bond donors (Lipinski definition) is 1. The van der Waals surface area contributed by atoms with Crippen LogP contribution in [0.25, 0.3) is 0 Å². The van der Waals surface area contributed by atoms with Crippen LogP contribution < -0.4 is 11.1 Å². The zero-order chi connectivity index (χ0) is 5.82. The fourth-order valence-electron chi connectivity index (χ4n) is 0.682. The van der Waals surface area contributed by atoms with Gasteiger partial charge in [-0.25, -0.2) is 0 Å². The van der Waals surface area contributed by atoms with Crippen LogP contribution in [-0.2, 0) is 0 Å². The number of rotatable bonds is 4. The highest BCUT2D eigenvalue weighted by molar-refractivity contribution is 4.80. The van der Waals surface area contributed by atoms with Gasteiger partial charge in [-0.1, -0.05) is 0 Å². The SMILES string of the molecule is [NH]CCCNC1CC1. The zero-order valence-corrected chi connectivity index (χ0v) is 5.11. The molecule has 0 aromatic carbocycles. The molecule has 0 amide bonds. The summed E-state index contributed by atoms with van der Waals surface area (Å²) in [5, 5.41) is 3.34. The summed E-state index contributed by atoms with van der Waals surface area (Å²) in [5.41, 5.74) is 6.83. The van der Waals surface area contributed by atoms with Gasteiger partial charge in [0.15, 0.2) is 0 Å². The van der Waals surface area contributed by atoms with Gasteiger partial charge in [-0.15, -0.1) is 0 Å². The van der Waals surface area contributed by atoms with Gasteiger partial charge in [-0.05, 0) is 25.8 Å². The van der Waals surface area contributed by atoms with E-state index in [0.717, 1.165) is 19.0 Å². The van der Waals surface area contributed by atoms with Gasteiger partial charge in [0.1, 0.15) is 0 Å². The van der Waals surface area contributed by atoms with Crippen molar-refractivity contribution in [3.8, 4) is 0 Å². The summed E-state index contributed by atoms with van der Waals surface area (Å²) < 4.78 is 0. The van der Waals surface area contributed by atoms with Crippen molar-refractivity contribution in [1.29, 1.82) is 0 Å². The van der Waals surface area contributed by atoms with Crippen LogP contribution in [0.4, 0.5) is 0 Å². The fraction of sp³-hybridized carbons (Fsp3) is 1.00. The topological polar surface area (TPSA) is 35.8 Å². The average Bonchev–Trinajstić information content (AvgIpc) is 2.51. The van der Waals surface area contributed by atoms with Crippen molar-refractivity contribution in [3.63, 3.8) is 0 Å². The van der Waals surface area contributed by atoms with E-state index < -0.39 is 0 Å². The van der Waals surface area contributed by atoms with E-state index in [4.69, 9.17) is 5.73 Å². The van der Waals surface area contributed by atoms with Crippen molar-refractivity contribution in [3.05, 3.63) is 0 Å². The Morgan fingerprint density at radius 2 is 2.25 bits per heavy atom. The summed E-state index contributed by atoms with van der Waals surface area (Å²) in [6.07, 6.45) is 3.73. The molecule has 1 aliphatic carbocycles. The highest BCUT2D eigenvalue weighted by Crippen LogP contribution is 2.17. The molecule has 0 aromatic rings. The van der Waals surface area contributed by atoms with Crippen LogP contribution in [0.2, 0.25) is 0 Å². The van der Waals surface area contributed by atoms with Gasteiger partial charge in [0.2, 0.25) is 0 Å². The van der Waals surface area contributed by atoms with Crippen LogP contribution in [-0.4, -0.2) is 19.1 Å². The summed E-state index contributed by atoms with van der Waals surface area (Å²) in [7, 11) is 0. The van der Waals surface area contributed by atoms with Crippen LogP contribution in [0, 0.1) is 0 Å². The Labute approximate surface area is 50.4 Å². The molecule has 0 saturated heterocycles. The minimum atomic E-state index is 0.569. The summed E-state index contributed by atoms with van der Waals surface area (Å²) in [4.78, 5) is 0. The first-order chi connectivity index (χ1) is 3.93. The molecule has 1 saturated carbocycles. The summed E-state index contributed by atoms with van der Waals surface area (Å²) >= 11 is 0. The number of nitrogens with one attached hydrogen (secondary N) is 2. The molecule has 2 heteroatoms. The Morgan fingerprint density at radius 3 is 2.75 bits per heavy atom. The van der Waals surface area contributed by atoms with Crippen LogP contribution >= 0.6 is 0 Å². The first-order valence-corrected chi connectivity index (χ1v) is 3.31. The molecule has 0 bridgehead atoms. The van der Waals surface area contributed by atoms with Crippen molar-refractivity contribution < 1.29 is 0 Å². The van der Waals surface area contributed by atoms with Gasteiger partial charge in [0, 0.05) is 12.6 Å². The van der Waals surface area contributed by atoms with Gasteiger partial charge in [0.05, 0.1) is 0 Å². The minimum absolute atomic E-state index is 0.569. The second kappa shape index (κ2) is 3.05. The van der Waals surface area contributed by atoms with E-state index in [1.807, 2.05) is 0 Å². The molecule has 0 spiro atoms. The lowest BCUT2D eigenvalue weighted by atomic mass is 10.4. The second-order valence-corrected chi connectivity index (χ2v) is 2.33. The Bertz CT molecular complexity index is 59.5. The molecule has 1 radical (unpaired) electrons. The van der Waals surface area contributed by atoms with Crippen molar-refractivity contribution in [2.45, 2.75) is 25.3 Å². The second-order valence-electron chi connectivity index (χ2n) is 2.33. The van der Waals surface area contributed by atoms with Crippen LogP contribution in [0.15, 0.2) is 0 Å². The molecule has 0 unspecified atom stereocenters. The van der Waals surface area contributed by atoms with Crippen molar-refractivity contribution >= 4 is 0 Å². The molecule has 0 atom stereocenters. The summed E-state index contributed by atoms with van der Waals surface area (Å²) in [6, 6.07) is 0.821. The molecule has 1 rings (SSSR count). The Kier molecular flexibility index (Phi) is 2.30. The Balaban J connectivity index is 1.74. The fourth-order valence-corrected chi connectivity index (χ4v) is 0.682. The van der Waals surface area contributed by atoms with E-state index >= 15 is 0 Å². The molecular weight excluding hydrogens is 100 g/mol. The quantitative estimate of drug-likeness (QED) is 0.527. The largest absolute Gasteiger partial charge is 0.314 e. The molecule has 1 aliphatic rings. The molecule has 1 fully saturated rings. The van der Waals surface area contributed by atoms with Gasteiger partial charge in [-0.3, -0.25) is 5.73 Å². The molecular formula is C6H13N2. The van der Waals surface area contributed by atoms with Crippen LogP contribution in [0.1, 0.15) is 19.3 Å². The monoisotopic (exact) mass is 113 g/mol. The molecule has 47 valence electrons. The van der Waals surface area contributed by atoms with Gasteiger partial charge in [0.25, 0.3) is 0 Å². The Hall–Kier alpha value is -0.0800. The first kappa shape index (κ1) is 6.05. The number of hydrogen-bond acceptors (Lipinski definition) is 1. The zero-order valence-electron chi connectivity index (χ0n) is 5.11. The van der Waals surface area contributed by atoms with E-state index in [1.54, 1.807) is 0 Å². The van der Waals surface area contributed by atoms with E-state index in [2.05, 4.69) is 5.32 Å². The highest BCUT2D eigenvalue weighted by atomic mass is 14.9. The maximum absolute atomic E-state index is 6.83. The lowest BCUT2D eigenvalue weighted by Gasteiger charge is -1.96. The molecule has 2 nitrogen and oxygen atoms in total. The van der Waals surface area contributed by atoms with Crippen molar-refractivity contribution in [2.75, 3.05) is 13.1 Å². The van der Waals surface area contributed by atoms with E-state index in [0.29, 0.717) is 6.54 Å². The first-order valence-electron chi connectivity index (χ1n) is 3.31. The third kappa shape index (κ3) is 2.28. The van der Waals surface area contributed by atoms with Gasteiger partial charge >= 0.3 is 0 Å². The predicted molar refractivity (Wildman–Crippen MR) is 33.6 cm³/mol. The molecule has 2 N–H and O–H groups in total. The lowest BCUT2D eigenvalue weighted by Crippen LogP contribution is -2.18. The minimum Gasteiger partial charge on any atom is -0.314 e. The smallest absolute Gasteiger partial charge is 0.0112 e. The normalized spacial score (nSPS) is 19.1. The predicted octanol–water partition coefficient (Wildman–Crippen LogP) is 0.411. The maximum atomic E-state index is 6.83. The van der Waals surface area contributed by atoms with Crippen LogP contribution in [0.3, 0.4) is 0 Å².